The molecule has 0 radical (unpaired) electrons. The molecule has 5 rings (SSSR count). The second kappa shape index (κ2) is 12.6. The molecule has 0 bridgehead atoms. The zero-order valence-corrected chi connectivity index (χ0v) is 22.3. The van der Waals surface area contributed by atoms with Crippen LogP contribution in [0.4, 0.5) is 0 Å². The fourth-order valence-corrected chi connectivity index (χ4v) is 4.98. The highest BCUT2D eigenvalue weighted by molar-refractivity contribution is 6.07. The number of nitrogens with zero attached hydrogens (tertiary/aromatic N) is 2. The molecule has 1 aromatic heterocycles. The molecule has 4 aromatic rings. The molecular formula is C32H34N2O5. The molecule has 1 aliphatic rings. The first-order valence-electron chi connectivity index (χ1n) is 13.5. The Labute approximate surface area is 228 Å². The fraction of sp³-hybridized carbons (Fsp3) is 0.312. The van der Waals surface area contributed by atoms with Gasteiger partial charge < -0.3 is 23.7 Å². The van der Waals surface area contributed by atoms with E-state index in [2.05, 4.69) is 4.57 Å². The van der Waals surface area contributed by atoms with Crippen LogP contribution >= 0.6 is 0 Å². The number of aryl methyl sites for hydroxylation is 2. The monoisotopic (exact) mass is 526 g/mol. The second-order valence-electron chi connectivity index (χ2n) is 9.74. The molecule has 1 amide bonds. The van der Waals surface area contributed by atoms with Crippen LogP contribution in [0.25, 0.3) is 10.9 Å². The van der Waals surface area contributed by atoms with Crippen LogP contribution in [-0.2, 0) is 29.0 Å². The second-order valence-corrected chi connectivity index (χ2v) is 9.74. The maximum atomic E-state index is 13.4. The number of aromatic nitrogens is 1. The van der Waals surface area contributed by atoms with E-state index in [1.165, 1.54) is 7.11 Å². The van der Waals surface area contributed by atoms with Crippen LogP contribution in [0, 0.1) is 0 Å². The number of rotatable bonds is 10. The largest absolute Gasteiger partial charge is 0.489 e. The van der Waals surface area contributed by atoms with E-state index in [1.807, 2.05) is 77.8 Å². The molecule has 0 spiro atoms. The third kappa shape index (κ3) is 6.49. The fourth-order valence-electron chi connectivity index (χ4n) is 4.98. The van der Waals surface area contributed by atoms with Crippen LogP contribution in [0.15, 0.2) is 79.0 Å². The lowest BCUT2D eigenvalue weighted by Crippen LogP contribution is -2.40. The first kappa shape index (κ1) is 26.5. The minimum absolute atomic E-state index is 0.0413. The summed E-state index contributed by atoms with van der Waals surface area (Å²) < 4.78 is 18.6. The Balaban J connectivity index is 1.32. The summed E-state index contributed by atoms with van der Waals surface area (Å²) in [5, 5.41) is 0.935. The van der Waals surface area contributed by atoms with Gasteiger partial charge in [-0.1, -0.05) is 42.5 Å². The predicted octanol–water partition coefficient (Wildman–Crippen LogP) is 5.50. The number of ether oxygens (including phenoxy) is 3. The van der Waals surface area contributed by atoms with Gasteiger partial charge in [-0.3, -0.25) is 4.79 Å². The Kier molecular flexibility index (Phi) is 8.58. The molecule has 0 N–H and O–H groups in total. The minimum atomic E-state index is -0.321. The summed E-state index contributed by atoms with van der Waals surface area (Å²) in [4.78, 5) is 27.2. The normalized spacial score (nSPS) is 13.4. The lowest BCUT2D eigenvalue weighted by Gasteiger charge is -2.26. The molecule has 0 unspecified atom stereocenters. The molecule has 2 heterocycles. The third-order valence-electron chi connectivity index (χ3n) is 7.09. The summed E-state index contributed by atoms with van der Waals surface area (Å²) >= 11 is 0. The van der Waals surface area contributed by atoms with E-state index in [4.69, 9.17) is 14.2 Å². The molecule has 1 aliphatic heterocycles. The van der Waals surface area contributed by atoms with E-state index in [9.17, 15) is 9.59 Å². The average molecular weight is 527 g/mol. The number of amides is 1. The average Bonchev–Trinajstić information content (AvgIpc) is 3.36. The molecule has 0 atom stereocenters. The predicted molar refractivity (Wildman–Crippen MR) is 150 cm³/mol. The maximum absolute atomic E-state index is 13.4. The van der Waals surface area contributed by atoms with E-state index in [0.29, 0.717) is 44.0 Å². The molecule has 39 heavy (non-hydrogen) atoms. The first-order chi connectivity index (χ1) is 19.1. The SMILES string of the molecule is COC(=O)c1cccc(CCCCn2cc(C(=O)N3CCOCC3)c3ccc(OCc4ccccc4)cc32)c1. The summed E-state index contributed by atoms with van der Waals surface area (Å²) in [5.74, 6) is 0.494. The van der Waals surface area contributed by atoms with Crippen molar-refractivity contribution in [2.75, 3.05) is 33.4 Å². The number of esters is 1. The van der Waals surface area contributed by atoms with Gasteiger partial charge in [0.25, 0.3) is 5.91 Å². The van der Waals surface area contributed by atoms with E-state index in [0.717, 1.165) is 53.6 Å². The van der Waals surface area contributed by atoms with Crippen LogP contribution in [0.3, 0.4) is 0 Å². The van der Waals surface area contributed by atoms with Crippen molar-refractivity contribution in [3.63, 3.8) is 0 Å². The molecule has 1 saturated heterocycles. The lowest BCUT2D eigenvalue weighted by atomic mass is 10.1. The highest BCUT2D eigenvalue weighted by Crippen LogP contribution is 2.28. The van der Waals surface area contributed by atoms with Gasteiger partial charge >= 0.3 is 5.97 Å². The Morgan fingerprint density at radius 3 is 2.49 bits per heavy atom. The molecule has 7 heteroatoms. The number of benzene rings is 3. The van der Waals surface area contributed by atoms with Crippen molar-refractivity contribution < 1.29 is 23.8 Å². The quantitative estimate of drug-likeness (QED) is 0.202. The molecule has 1 fully saturated rings. The molecule has 0 saturated carbocycles. The van der Waals surface area contributed by atoms with Crippen molar-refractivity contribution in [1.82, 2.24) is 9.47 Å². The van der Waals surface area contributed by atoms with E-state index in [-0.39, 0.29) is 11.9 Å². The number of methoxy groups -OCH3 is 1. The summed E-state index contributed by atoms with van der Waals surface area (Å²) in [6.45, 7) is 3.60. The maximum Gasteiger partial charge on any atom is 0.337 e. The molecule has 3 aromatic carbocycles. The molecule has 202 valence electrons. The van der Waals surface area contributed by atoms with Gasteiger partial charge in [-0.05, 0) is 54.7 Å². The van der Waals surface area contributed by atoms with Gasteiger partial charge in [0.15, 0.2) is 0 Å². The van der Waals surface area contributed by atoms with Crippen LogP contribution in [0.2, 0.25) is 0 Å². The number of fused-ring (bicyclic) bond motifs is 1. The van der Waals surface area contributed by atoms with Crippen LogP contribution in [0.1, 0.15) is 44.7 Å². The van der Waals surface area contributed by atoms with Crippen molar-refractivity contribution in [1.29, 1.82) is 0 Å². The Morgan fingerprint density at radius 2 is 1.69 bits per heavy atom. The highest BCUT2D eigenvalue weighted by atomic mass is 16.5. The minimum Gasteiger partial charge on any atom is -0.489 e. The van der Waals surface area contributed by atoms with Gasteiger partial charge in [-0.25, -0.2) is 4.79 Å². The summed E-state index contributed by atoms with van der Waals surface area (Å²) in [6.07, 6.45) is 4.71. The van der Waals surface area contributed by atoms with Crippen molar-refractivity contribution in [3.8, 4) is 5.75 Å². The first-order valence-corrected chi connectivity index (χ1v) is 13.5. The van der Waals surface area contributed by atoms with Crippen LogP contribution in [-0.4, -0.2) is 54.8 Å². The Morgan fingerprint density at radius 1 is 0.897 bits per heavy atom. The highest BCUT2D eigenvalue weighted by Gasteiger charge is 2.23. The zero-order chi connectivity index (χ0) is 27.0. The van der Waals surface area contributed by atoms with Gasteiger partial charge in [0.1, 0.15) is 12.4 Å². The Bertz CT molecular complexity index is 1420. The van der Waals surface area contributed by atoms with Crippen LogP contribution in [0.5, 0.6) is 5.75 Å². The van der Waals surface area contributed by atoms with E-state index >= 15 is 0 Å². The molecule has 0 aliphatic carbocycles. The van der Waals surface area contributed by atoms with E-state index < -0.39 is 0 Å². The molecule has 7 nitrogen and oxygen atoms in total. The van der Waals surface area contributed by atoms with Gasteiger partial charge in [-0.2, -0.15) is 0 Å². The van der Waals surface area contributed by atoms with Gasteiger partial charge in [0.05, 0.1) is 37.0 Å². The van der Waals surface area contributed by atoms with Gasteiger partial charge in [0.2, 0.25) is 0 Å². The van der Waals surface area contributed by atoms with Gasteiger partial charge in [-0.15, -0.1) is 0 Å². The molecular weight excluding hydrogens is 492 g/mol. The Hall–Kier alpha value is -4.10. The number of unbranched alkanes of at least 4 members (excludes halogenated alkanes) is 1. The number of morpholine rings is 1. The summed E-state index contributed by atoms with van der Waals surface area (Å²) in [6, 6.07) is 23.6. The third-order valence-corrected chi connectivity index (χ3v) is 7.09. The lowest BCUT2D eigenvalue weighted by molar-refractivity contribution is 0.0304. The number of carbonyl (C=O) groups excluding carboxylic acids is 2. The zero-order valence-electron chi connectivity index (χ0n) is 22.3. The van der Waals surface area contributed by atoms with E-state index in [1.54, 1.807) is 6.07 Å². The number of hydrogen-bond acceptors (Lipinski definition) is 5. The topological polar surface area (TPSA) is 70.0 Å². The van der Waals surface area contributed by atoms with Crippen molar-refractivity contribution in [2.45, 2.75) is 32.4 Å². The van der Waals surface area contributed by atoms with Gasteiger partial charge in [0, 0.05) is 37.3 Å². The standard InChI is InChI=1S/C32H34N2O5/c1-37-32(36)26-12-7-11-24(20-26)8-5-6-15-34-22-29(31(35)33-16-18-38-19-17-33)28-14-13-27(21-30(28)34)39-23-25-9-3-2-4-10-25/h2-4,7,9-14,20-22H,5-6,8,15-19,23H2,1H3. The summed E-state index contributed by atoms with van der Waals surface area (Å²) in [7, 11) is 1.40. The van der Waals surface area contributed by atoms with Crippen molar-refractivity contribution in [2.24, 2.45) is 0 Å². The van der Waals surface area contributed by atoms with Crippen molar-refractivity contribution in [3.05, 3.63) is 101 Å². The smallest absolute Gasteiger partial charge is 0.337 e. The summed E-state index contributed by atoms with van der Waals surface area (Å²) in [5.41, 5.74) is 4.49. The van der Waals surface area contributed by atoms with Crippen molar-refractivity contribution >= 4 is 22.8 Å². The van der Waals surface area contributed by atoms with Crippen LogP contribution < -0.4 is 4.74 Å². The number of carbonyl (C=O) groups is 2. The number of hydrogen-bond donors (Lipinski definition) is 0.